The van der Waals surface area contributed by atoms with Crippen LogP contribution in [0, 0.1) is 4.77 Å². The zero-order valence-corrected chi connectivity index (χ0v) is 21.6. The number of aromatic amines is 1. The molecule has 0 aliphatic heterocycles. The average Bonchev–Trinajstić information content (AvgIpc) is 2.91. The summed E-state index contributed by atoms with van der Waals surface area (Å²) >= 11 is 5.38. The lowest BCUT2D eigenvalue weighted by atomic mass is 10.1. The van der Waals surface area contributed by atoms with Crippen molar-refractivity contribution in [3.8, 4) is 17.7 Å². The lowest BCUT2D eigenvalue weighted by Crippen LogP contribution is -2.25. The number of nitrogens with zero attached hydrogens (tertiary/aromatic N) is 3. The zero-order chi connectivity index (χ0) is 26.7. The molecule has 0 atom stereocenters. The Balaban J connectivity index is 1.60. The van der Waals surface area contributed by atoms with Gasteiger partial charge in [0.05, 0.1) is 36.1 Å². The van der Waals surface area contributed by atoms with Crippen LogP contribution in [0.5, 0.6) is 11.8 Å². The Labute approximate surface area is 216 Å². The number of H-pyrrole nitrogens is 1. The SMILES string of the molecule is CNS(=O)(=O)c1ccc(CNC(=O)c2ccc3c(=O)n(-c4nc(OC)cc(OC)n4)c(=S)[nH]c3c2)cc1. The average molecular weight is 543 g/mol. The standard InChI is InChI=1S/C23H22N6O6S2/c1-24-37(32,33)15-7-4-13(5-8-15)12-25-20(30)14-6-9-16-17(10-14)26-23(36)29(21(16)31)22-27-18(34-2)11-19(28-22)35-3/h4-11,24H,12H2,1-3H3,(H,25,30)(H,26,36). The first-order valence-corrected chi connectivity index (χ1v) is 12.6. The number of carbonyl (C=O) groups excluding carboxylic acids is 1. The van der Waals surface area contributed by atoms with E-state index in [4.69, 9.17) is 21.7 Å². The molecule has 0 spiro atoms. The fourth-order valence-electron chi connectivity index (χ4n) is 3.43. The fourth-order valence-corrected chi connectivity index (χ4v) is 4.44. The van der Waals surface area contributed by atoms with Crippen molar-refractivity contribution < 1.29 is 22.7 Å². The molecular weight excluding hydrogens is 520 g/mol. The largest absolute Gasteiger partial charge is 0.481 e. The quantitative estimate of drug-likeness (QED) is 0.282. The summed E-state index contributed by atoms with van der Waals surface area (Å²) in [6.45, 7) is 0.170. The normalized spacial score (nSPS) is 11.3. The number of hydrogen-bond donors (Lipinski definition) is 3. The molecule has 2 heterocycles. The fraction of sp³-hybridized carbons (Fsp3) is 0.174. The Kier molecular flexibility index (Phi) is 7.33. The van der Waals surface area contributed by atoms with Gasteiger partial charge in [0.15, 0.2) is 4.77 Å². The molecular formula is C23H22N6O6S2. The predicted octanol–water partition coefficient (Wildman–Crippen LogP) is 1.69. The third-order valence-electron chi connectivity index (χ3n) is 5.40. The van der Waals surface area contributed by atoms with Gasteiger partial charge in [0.1, 0.15) is 0 Å². The van der Waals surface area contributed by atoms with Crippen molar-refractivity contribution in [1.29, 1.82) is 0 Å². The van der Waals surface area contributed by atoms with Gasteiger partial charge < -0.3 is 19.8 Å². The molecule has 0 fully saturated rings. The second-order valence-corrected chi connectivity index (χ2v) is 9.89. The van der Waals surface area contributed by atoms with Gasteiger partial charge in [-0.05, 0) is 55.2 Å². The maximum atomic E-state index is 13.2. The summed E-state index contributed by atoms with van der Waals surface area (Å²) in [6, 6.07) is 12.1. The van der Waals surface area contributed by atoms with E-state index in [1.807, 2.05) is 0 Å². The summed E-state index contributed by atoms with van der Waals surface area (Å²) in [7, 11) is 0.634. The summed E-state index contributed by atoms with van der Waals surface area (Å²) < 4.78 is 37.3. The van der Waals surface area contributed by atoms with Gasteiger partial charge in [-0.3, -0.25) is 9.59 Å². The summed E-state index contributed by atoms with van der Waals surface area (Å²) in [4.78, 5) is 37.4. The summed E-state index contributed by atoms with van der Waals surface area (Å²) in [6.07, 6.45) is 0. The monoisotopic (exact) mass is 542 g/mol. The predicted molar refractivity (Wildman–Crippen MR) is 137 cm³/mol. The van der Waals surface area contributed by atoms with Gasteiger partial charge in [0.2, 0.25) is 27.7 Å². The van der Waals surface area contributed by atoms with E-state index in [2.05, 4.69) is 25.0 Å². The number of nitrogens with one attached hydrogen (secondary N) is 3. The molecule has 37 heavy (non-hydrogen) atoms. The van der Waals surface area contributed by atoms with Crippen LogP contribution in [0.2, 0.25) is 0 Å². The molecule has 2 aromatic carbocycles. The van der Waals surface area contributed by atoms with Crippen molar-refractivity contribution in [2.45, 2.75) is 11.4 Å². The van der Waals surface area contributed by atoms with Crippen LogP contribution in [0.25, 0.3) is 16.9 Å². The maximum Gasteiger partial charge on any atom is 0.269 e. The van der Waals surface area contributed by atoms with Crippen LogP contribution in [-0.2, 0) is 16.6 Å². The lowest BCUT2D eigenvalue weighted by molar-refractivity contribution is 0.0951. The number of methoxy groups -OCH3 is 2. The Bertz CT molecular complexity index is 1690. The van der Waals surface area contributed by atoms with Gasteiger partial charge in [0.25, 0.3) is 11.5 Å². The number of carbonyl (C=O) groups is 1. The third kappa shape index (κ3) is 5.35. The van der Waals surface area contributed by atoms with Crippen molar-refractivity contribution in [2.75, 3.05) is 21.3 Å². The number of rotatable bonds is 8. The molecule has 0 aliphatic rings. The Hall–Kier alpha value is -4.14. The second kappa shape index (κ2) is 10.5. The number of sulfonamides is 1. The molecule has 12 nitrogen and oxygen atoms in total. The van der Waals surface area contributed by atoms with E-state index >= 15 is 0 Å². The minimum absolute atomic E-state index is 0.0157. The smallest absolute Gasteiger partial charge is 0.269 e. The van der Waals surface area contributed by atoms with E-state index in [0.717, 1.165) is 4.57 Å². The molecule has 192 valence electrons. The first-order chi connectivity index (χ1) is 17.7. The van der Waals surface area contributed by atoms with E-state index in [-0.39, 0.29) is 39.3 Å². The van der Waals surface area contributed by atoms with Crippen LogP contribution in [0.4, 0.5) is 0 Å². The molecule has 0 saturated carbocycles. The van der Waals surface area contributed by atoms with Crippen molar-refractivity contribution in [2.24, 2.45) is 0 Å². The highest BCUT2D eigenvalue weighted by Gasteiger charge is 2.15. The van der Waals surface area contributed by atoms with Gasteiger partial charge in [-0.2, -0.15) is 9.97 Å². The summed E-state index contributed by atoms with van der Waals surface area (Å²) in [5.74, 6) is -0.0417. The molecule has 2 aromatic heterocycles. The zero-order valence-electron chi connectivity index (χ0n) is 19.9. The van der Waals surface area contributed by atoms with Crippen LogP contribution in [0.1, 0.15) is 15.9 Å². The molecule has 1 amide bonds. The van der Waals surface area contributed by atoms with Crippen LogP contribution < -0.4 is 25.1 Å². The maximum absolute atomic E-state index is 13.2. The Morgan fingerprint density at radius 3 is 2.30 bits per heavy atom. The van der Waals surface area contributed by atoms with E-state index in [1.54, 1.807) is 12.1 Å². The highest BCUT2D eigenvalue weighted by Crippen LogP contribution is 2.18. The van der Waals surface area contributed by atoms with E-state index < -0.39 is 21.5 Å². The molecule has 0 bridgehead atoms. The number of fused-ring (bicyclic) bond motifs is 1. The number of hydrogen-bond acceptors (Lipinski definition) is 9. The third-order valence-corrected chi connectivity index (χ3v) is 7.12. The minimum atomic E-state index is -3.54. The molecule has 0 saturated heterocycles. The molecule has 4 aromatic rings. The minimum Gasteiger partial charge on any atom is -0.481 e. The van der Waals surface area contributed by atoms with E-state index in [9.17, 15) is 18.0 Å². The summed E-state index contributed by atoms with van der Waals surface area (Å²) in [5, 5.41) is 3.03. The van der Waals surface area contributed by atoms with Crippen molar-refractivity contribution in [3.63, 3.8) is 0 Å². The van der Waals surface area contributed by atoms with Crippen LogP contribution >= 0.6 is 12.2 Å². The van der Waals surface area contributed by atoms with E-state index in [0.29, 0.717) is 16.6 Å². The molecule has 0 radical (unpaired) electrons. The first kappa shape index (κ1) is 25.9. The van der Waals surface area contributed by atoms with Gasteiger partial charge >= 0.3 is 0 Å². The highest BCUT2D eigenvalue weighted by molar-refractivity contribution is 7.89. The Morgan fingerprint density at radius 2 is 1.70 bits per heavy atom. The van der Waals surface area contributed by atoms with Crippen LogP contribution in [0.3, 0.4) is 0 Å². The summed E-state index contributed by atoms with van der Waals surface area (Å²) in [5.41, 5.74) is 0.872. The Morgan fingerprint density at radius 1 is 1.05 bits per heavy atom. The number of amides is 1. The van der Waals surface area contributed by atoms with Crippen molar-refractivity contribution in [1.82, 2.24) is 29.6 Å². The van der Waals surface area contributed by atoms with Crippen molar-refractivity contribution >= 4 is 39.1 Å². The number of benzene rings is 2. The molecule has 0 aliphatic carbocycles. The van der Waals surface area contributed by atoms with Gasteiger partial charge in [-0.25, -0.2) is 17.7 Å². The van der Waals surface area contributed by atoms with Crippen LogP contribution in [0.15, 0.2) is 58.2 Å². The topological polar surface area (TPSA) is 157 Å². The molecule has 0 unspecified atom stereocenters. The van der Waals surface area contributed by atoms with Gasteiger partial charge in [-0.15, -0.1) is 0 Å². The van der Waals surface area contributed by atoms with Gasteiger partial charge in [0, 0.05) is 12.1 Å². The second-order valence-electron chi connectivity index (χ2n) is 7.62. The van der Waals surface area contributed by atoms with Gasteiger partial charge in [-0.1, -0.05) is 12.1 Å². The number of ether oxygens (including phenoxy) is 2. The molecule has 3 N–H and O–H groups in total. The van der Waals surface area contributed by atoms with Crippen LogP contribution in [-0.4, -0.2) is 55.1 Å². The molecule has 14 heteroatoms. The highest BCUT2D eigenvalue weighted by atomic mass is 32.2. The number of aromatic nitrogens is 4. The lowest BCUT2D eigenvalue weighted by Gasteiger charge is -2.10. The first-order valence-electron chi connectivity index (χ1n) is 10.7. The van der Waals surface area contributed by atoms with E-state index in [1.165, 1.54) is 57.7 Å². The molecule has 4 rings (SSSR count). The van der Waals surface area contributed by atoms with Crippen molar-refractivity contribution in [3.05, 3.63) is 74.8 Å².